The molecule has 3 unspecified atom stereocenters. The molecule has 0 radical (unpaired) electrons. The van der Waals surface area contributed by atoms with Gasteiger partial charge < -0.3 is 30.1 Å². The molecule has 0 heterocycles. The summed E-state index contributed by atoms with van der Waals surface area (Å²) in [5, 5.41) is 15.5. The van der Waals surface area contributed by atoms with Crippen LogP contribution in [0.15, 0.2) is 78.9 Å². The second-order valence-corrected chi connectivity index (χ2v) is 15.4. The van der Waals surface area contributed by atoms with Crippen molar-refractivity contribution in [2.45, 2.75) is 110 Å². The van der Waals surface area contributed by atoms with E-state index in [1.807, 2.05) is 30.3 Å². The third-order valence-corrected chi connectivity index (χ3v) is 7.53. The lowest BCUT2D eigenvalue weighted by atomic mass is 9.91. The topological polar surface area (TPSA) is 134 Å². The van der Waals surface area contributed by atoms with Crippen molar-refractivity contribution in [2.75, 3.05) is 0 Å². The van der Waals surface area contributed by atoms with E-state index in [4.69, 9.17) is 15.9 Å². The lowest BCUT2D eigenvalue weighted by molar-refractivity contribution is -0.159. The van der Waals surface area contributed by atoms with Gasteiger partial charge in [0.2, 0.25) is 11.8 Å². The third-order valence-electron chi connectivity index (χ3n) is 7.53. The predicted octanol–water partition coefficient (Wildman–Crippen LogP) is 6.25. The molecule has 10 nitrogen and oxygen atoms in total. The highest BCUT2D eigenvalue weighted by molar-refractivity contribution is 5.95. The Morgan fingerprint density at radius 2 is 1.25 bits per heavy atom. The van der Waals surface area contributed by atoms with Crippen LogP contribution in [-0.2, 0) is 36.7 Å². The van der Waals surface area contributed by atoms with Gasteiger partial charge in [-0.15, -0.1) is 6.42 Å². The first-order chi connectivity index (χ1) is 23.7. The summed E-state index contributed by atoms with van der Waals surface area (Å²) in [5.41, 5.74) is -0.596. The van der Waals surface area contributed by atoms with E-state index in [0.29, 0.717) is 16.7 Å². The Morgan fingerprint density at radius 3 is 1.80 bits per heavy atom. The van der Waals surface area contributed by atoms with Gasteiger partial charge in [-0.05, 0) is 97.2 Å². The van der Waals surface area contributed by atoms with Gasteiger partial charge in [-0.25, -0.2) is 9.59 Å². The molecule has 0 bridgehead atoms. The smallest absolute Gasteiger partial charge is 0.408 e. The van der Waals surface area contributed by atoms with Gasteiger partial charge in [0.1, 0.15) is 35.1 Å². The predicted molar refractivity (Wildman–Crippen MR) is 197 cm³/mol. The number of rotatable bonds is 11. The Bertz CT molecular complexity index is 1710. The summed E-state index contributed by atoms with van der Waals surface area (Å²) in [4.78, 5) is 57.9. The van der Waals surface area contributed by atoms with Crippen molar-refractivity contribution in [2.24, 2.45) is 0 Å². The van der Waals surface area contributed by atoms with Gasteiger partial charge >= 0.3 is 12.1 Å². The molecule has 10 heteroatoms. The van der Waals surface area contributed by atoms with E-state index in [9.17, 15) is 24.3 Å². The van der Waals surface area contributed by atoms with Crippen LogP contribution in [0, 0.1) is 12.3 Å². The van der Waals surface area contributed by atoms with Crippen LogP contribution < -0.4 is 10.6 Å². The number of alkyl carbamates (subject to hydrolysis) is 1. The molecule has 3 aromatic rings. The molecule has 3 amide bonds. The minimum atomic E-state index is -1.35. The summed E-state index contributed by atoms with van der Waals surface area (Å²) in [6.45, 7) is 15.6. The summed E-state index contributed by atoms with van der Waals surface area (Å²) in [6.07, 6.45) is 5.24. The monoisotopic (exact) mass is 697 g/mol. The summed E-state index contributed by atoms with van der Waals surface area (Å²) in [6, 6.07) is 18.5. The number of esters is 1. The molecule has 3 aromatic carbocycles. The normalized spacial score (nSPS) is 13.5. The zero-order chi connectivity index (χ0) is 38.1. The number of terminal acetylenes is 1. The molecule has 3 atom stereocenters. The Kier molecular flexibility index (Phi) is 13.1. The second-order valence-electron chi connectivity index (χ2n) is 15.4. The van der Waals surface area contributed by atoms with Crippen molar-refractivity contribution < 1.29 is 33.8 Å². The van der Waals surface area contributed by atoms with Crippen LogP contribution in [0.5, 0.6) is 5.75 Å². The van der Waals surface area contributed by atoms with Crippen LogP contribution in [-0.4, -0.2) is 62.7 Å². The summed E-state index contributed by atoms with van der Waals surface area (Å²) >= 11 is 0. The van der Waals surface area contributed by atoms with E-state index < -0.39 is 58.7 Å². The van der Waals surface area contributed by atoms with Crippen LogP contribution in [0.3, 0.4) is 0 Å². The first-order valence-corrected chi connectivity index (χ1v) is 16.9. The molecule has 3 N–H and O–H groups in total. The number of ether oxygens (including phenoxy) is 2. The van der Waals surface area contributed by atoms with E-state index in [-0.39, 0.29) is 18.6 Å². The molecule has 0 aromatic heterocycles. The molecule has 272 valence electrons. The molecule has 0 saturated heterocycles. The quantitative estimate of drug-likeness (QED) is 0.159. The standard InChI is InChI=1S/C41H51N3O7/c1-11-29-19-15-16-20-31(29)34(35(46)42-33(37(48)50-40(5,6)7)26-27-17-13-12-14-18-27)44(39(2,3)4)36(47)32(43-38(49)51-41(8,9)10)25-28-21-23-30(45)24-22-28/h1,12-24,32-34,45H,25-26H2,2-10H3,(H,42,46)(H,43,49). The maximum Gasteiger partial charge on any atom is 0.408 e. The van der Waals surface area contributed by atoms with Gasteiger partial charge in [-0.2, -0.15) is 0 Å². The highest BCUT2D eigenvalue weighted by Gasteiger charge is 2.43. The molecule has 0 aliphatic carbocycles. The molecular weight excluding hydrogens is 646 g/mol. The number of hydrogen-bond acceptors (Lipinski definition) is 7. The highest BCUT2D eigenvalue weighted by Crippen LogP contribution is 2.33. The summed E-state index contributed by atoms with van der Waals surface area (Å²) < 4.78 is 11.3. The Hall–Kier alpha value is -5.30. The molecule has 0 saturated carbocycles. The minimum absolute atomic E-state index is 0.00457. The number of nitrogens with one attached hydrogen (secondary N) is 2. The molecule has 0 spiro atoms. The van der Waals surface area contributed by atoms with Crippen molar-refractivity contribution in [3.8, 4) is 18.1 Å². The molecule has 0 aliphatic heterocycles. The third kappa shape index (κ3) is 12.2. The molecule has 51 heavy (non-hydrogen) atoms. The van der Waals surface area contributed by atoms with E-state index in [1.165, 1.54) is 17.0 Å². The average molecular weight is 698 g/mol. The van der Waals surface area contributed by atoms with Crippen molar-refractivity contribution in [1.82, 2.24) is 15.5 Å². The maximum absolute atomic E-state index is 15.0. The second kappa shape index (κ2) is 16.6. The van der Waals surface area contributed by atoms with Gasteiger partial charge in [-0.3, -0.25) is 9.59 Å². The van der Waals surface area contributed by atoms with Crippen LogP contribution in [0.1, 0.15) is 90.6 Å². The van der Waals surface area contributed by atoms with E-state index >= 15 is 0 Å². The summed E-state index contributed by atoms with van der Waals surface area (Å²) in [5.74, 6) is 0.747. The number of aromatic hydroxyl groups is 1. The molecule has 0 fully saturated rings. The molecular formula is C41H51N3O7. The Labute approximate surface area is 301 Å². The van der Waals surface area contributed by atoms with Crippen molar-refractivity contribution in [3.05, 3.63) is 101 Å². The van der Waals surface area contributed by atoms with Crippen molar-refractivity contribution in [3.63, 3.8) is 0 Å². The van der Waals surface area contributed by atoms with Gasteiger partial charge in [0.25, 0.3) is 0 Å². The minimum Gasteiger partial charge on any atom is -0.508 e. The van der Waals surface area contributed by atoms with Crippen LogP contribution in [0.4, 0.5) is 4.79 Å². The van der Waals surface area contributed by atoms with Gasteiger partial charge in [0, 0.05) is 23.9 Å². The fraction of sp³-hybridized carbons (Fsp3) is 0.415. The van der Waals surface area contributed by atoms with E-state index in [1.54, 1.807) is 98.7 Å². The first-order valence-electron chi connectivity index (χ1n) is 16.9. The average Bonchev–Trinajstić information content (AvgIpc) is 3.01. The number of amides is 3. The maximum atomic E-state index is 15.0. The lowest BCUT2D eigenvalue weighted by Gasteiger charge is -2.43. The number of phenolic OH excluding ortho intramolecular Hbond substituents is 1. The zero-order valence-electron chi connectivity index (χ0n) is 31.1. The first kappa shape index (κ1) is 40.1. The van der Waals surface area contributed by atoms with Crippen molar-refractivity contribution in [1.29, 1.82) is 0 Å². The Morgan fingerprint density at radius 1 is 0.725 bits per heavy atom. The molecule has 3 rings (SSSR count). The SMILES string of the molecule is C#Cc1ccccc1C(C(=O)NC(Cc1ccccc1)C(=O)OC(C)(C)C)N(C(=O)C(Cc1ccc(O)cc1)NC(=O)OC(C)(C)C)C(C)(C)C. The highest BCUT2D eigenvalue weighted by atomic mass is 16.6. The van der Waals surface area contributed by atoms with E-state index in [2.05, 4.69) is 16.6 Å². The summed E-state index contributed by atoms with van der Waals surface area (Å²) in [7, 11) is 0. The lowest BCUT2D eigenvalue weighted by Crippen LogP contribution is -2.60. The van der Waals surface area contributed by atoms with E-state index in [0.717, 1.165) is 5.56 Å². The number of phenols is 1. The van der Waals surface area contributed by atoms with Crippen LogP contribution >= 0.6 is 0 Å². The zero-order valence-corrected chi connectivity index (χ0v) is 31.1. The van der Waals surface area contributed by atoms with Gasteiger partial charge in [-0.1, -0.05) is 66.6 Å². The number of carbonyl (C=O) groups excluding carboxylic acids is 4. The van der Waals surface area contributed by atoms with Crippen molar-refractivity contribution >= 4 is 23.9 Å². The largest absolute Gasteiger partial charge is 0.508 e. The molecule has 0 aliphatic rings. The van der Waals surface area contributed by atoms with Gasteiger partial charge in [0.15, 0.2) is 0 Å². The number of nitrogens with zero attached hydrogens (tertiary/aromatic N) is 1. The number of carbonyl (C=O) groups is 4. The fourth-order valence-electron chi connectivity index (χ4n) is 5.46. The van der Waals surface area contributed by atoms with Crippen LogP contribution in [0.25, 0.3) is 0 Å². The van der Waals surface area contributed by atoms with Crippen LogP contribution in [0.2, 0.25) is 0 Å². The number of benzene rings is 3. The Balaban J connectivity index is 2.19. The van der Waals surface area contributed by atoms with Gasteiger partial charge in [0.05, 0.1) is 0 Å². The number of hydrogen-bond donors (Lipinski definition) is 3. The fourth-order valence-corrected chi connectivity index (χ4v) is 5.46.